The van der Waals surface area contributed by atoms with Crippen LogP contribution in [0.15, 0.2) is 121 Å². The summed E-state index contributed by atoms with van der Waals surface area (Å²) < 4.78 is 10.2. The summed E-state index contributed by atoms with van der Waals surface area (Å²) in [5.41, 5.74) is 8.70. The highest BCUT2D eigenvalue weighted by Crippen LogP contribution is 2.15. The largest absolute Gasteiger partial charge is 0.460 e. The molecule has 4 unspecified atom stereocenters. The third-order valence-electron chi connectivity index (χ3n) is 9.58. The first kappa shape index (κ1) is 55.5. The average Bonchev–Trinajstić information content (AvgIpc) is 3.33. The molecule has 9 N–H and O–H groups in total. The third-order valence-corrected chi connectivity index (χ3v) is 9.58. The Hall–Kier alpha value is -6.60. The maximum Gasteiger partial charge on any atom is 0.325 e. The van der Waals surface area contributed by atoms with Crippen LogP contribution < -0.4 is 32.3 Å². The molecule has 0 aliphatic carbocycles. The van der Waals surface area contributed by atoms with E-state index >= 15 is 0 Å². The van der Waals surface area contributed by atoms with Crippen LogP contribution in [0.2, 0.25) is 0 Å². The SMILES string of the molecule is CCCC(NC(=O)[C@@H](N)c1ccccc1)C(O)C(=O)NCC(=O)OCc1ccccc1.Cl.[B]C(=O)N[C@H](C(=O)NC(CCC)C(O)C(=O)NCC(=O)OCc1ccccc1)c1ccccc1. The van der Waals surface area contributed by atoms with Gasteiger partial charge < -0.3 is 52.0 Å². The van der Waals surface area contributed by atoms with Gasteiger partial charge in [-0.25, -0.2) is 0 Å². The molecule has 0 aliphatic rings. The van der Waals surface area contributed by atoms with Gasteiger partial charge in [0, 0.05) is 0 Å². The fourth-order valence-corrected chi connectivity index (χ4v) is 6.15. The van der Waals surface area contributed by atoms with Crippen molar-refractivity contribution >= 4 is 61.6 Å². The second-order valence-electron chi connectivity index (χ2n) is 14.7. The van der Waals surface area contributed by atoms with Crippen LogP contribution in [0, 0.1) is 0 Å². The number of benzene rings is 4. The summed E-state index contributed by atoms with van der Waals surface area (Å²) in [6, 6.07) is 31.6. The van der Waals surface area contributed by atoms with Gasteiger partial charge in [-0.15, -0.1) is 12.4 Å². The zero-order valence-electron chi connectivity index (χ0n) is 36.8. The lowest BCUT2D eigenvalue weighted by Crippen LogP contribution is -2.53. The van der Waals surface area contributed by atoms with Crippen molar-refractivity contribution in [1.29, 1.82) is 0 Å². The Kier molecular flexibility index (Phi) is 25.7. The van der Waals surface area contributed by atoms with E-state index in [0.717, 1.165) is 11.1 Å². The minimum absolute atomic E-state index is 0. The summed E-state index contributed by atoms with van der Waals surface area (Å²) in [6.45, 7) is 3.00. The van der Waals surface area contributed by atoms with Crippen LogP contribution in [-0.2, 0) is 51.5 Å². The second kappa shape index (κ2) is 30.5. The molecular formula is C47H58BClN6O11. The summed E-state index contributed by atoms with van der Waals surface area (Å²) >= 11 is 0. The number of esters is 2. The van der Waals surface area contributed by atoms with Gasteiger partial charge in [0.25, 0.3) is 11.8 Å². The maximum absolute atomic E-state index is 12.9. The van der Waals surface area contributed by atoms with Crippen LogP contribution in [0.3, 0.4) is 0 Å². The van der Waals surface area contributed by atoms with Crippen molar-refractivity contribution in [2.45, 2.75) is 89.1 Å². The molecule has 5 amide bonds. The van der Waals surface area contributed by atoms with E-state index in [9.17, 15) is 43.8 Å². The number of nitrogens with two attached hydrogens (primary N) is 1. The van der Waals surface area contributed by atoms with Crippen molar-refractivity contribution in [3.8, 4) is 0 Å². The first-order valence-corrected chi connectivity index (χ1v) is 21.1. The number of hydrogen-bond donors (Lipinski definition) is 8. The summed E-state index contributed by atoms with van der Waals surface area (Å²) in [5.74, 6) is -4.96. The predicted molar refractivity (Wildman–Crippen MR) is 248 cm³/mol. The summed E-state index contributed by atoms with van der Waals surface area (Å²) in [4.78, 5) is 85.3. The Morgan fingerprint density at radius 2 is 0.909 bits per heavy atom. The second-order valence-corrected chi connectivity index (χ2v) is 14.7. The molecule has 2 radical (unpaired) electrons. The summed E-state index contributed by atoms with van der Waals surface area (Å²) in [5, 5.41) is 33.2. The molecule has 0 aliphatic heterocycles. The molecule has 0 spiro atoms. The molecule has 0 saturated carbocycles. The molecule has 352 valence electrons. The number of hydrogen-bond acceptors (Lipinski definition) is 12. The molecule has 6 atom stereocenters. The van der Waals surface area contributed by atoms with Gasteiger partial charge in [-0.05, 0) is 35.1 Å². The predicted octanol–water partition coefficient (Wildman–Crippen LogP) is 2.72. The minimum Gasteiger partial charge on any atom is -0.460 e. The highest BCUT2D eigenvalue weighted by molar-refractivity contribution is 6.57. The molecule has 0 aromatic heterocycles. The molecule has 4 aromatic carbocycles. The number of rotatable bonds is 23. The number of nitrogens with one attached hydrogen (secondary N) is 5. The van der Waals surface area contributed by atoms with Gasteiger partial charge >= 0.3 is 11.9 Å². The van der Waals surface area contributed by atoms with E-state index in [1.807, 2.05) is 68.4 Å². The van der Waals surface area contributed by atoms with E-state index in [1.165, 1.54) is 0 Å². The molecule has 4 aromatic rings. The smallest absolute Gasteiger partial charge is 0.325 e. The first-order chi connectivity index (χ1) is 31.2. The van der Waals surface area contributed by atoms with Gasteiger partial charge in [0.2, 0.25) is 19.7 Å². The summed E-state index contributed by atoms with van der Waals surface area (Å²) in [7, 11) is 5.21. The van der Waals surface area contributed by atoms with Crippen molar-refractivity contribution in [3.63, 3.8) is 0 Å². The lowest BCUT2D eigenvalue weighted by Gasteiger charge is -2.26. The zero-order chi connectivity index (χ0) is 47.6. The van der Waals surface area contributed by atoms with Crippen molar-refractivity contribution in [2.75, 3.05) is 13.1 Å². The fourth-order valence-electron chi connectivity index (χ4n) is 6.15. The molecule has 0 fully saturated rings. The average molecular weight is 929 g/mol. The molecule has 17 nitrogen and oxygen atoms in total. The summed E-state index contributed by atoms with van der Waals surface area (Å²) in [6.07, 6.45) is -1.36. The lowest BCUT2D eigenvalue weighted by atomic mass is 10.0. The maximum atomic E-state index is 12.9. The quantitative estimate of drug-likeness (QED) is 0.0395. The molecule has 4 rings (SSSR count). The van der Waals surface area contributed by atoms with Crippen LogP contribution in [0.4, 0.5) is 4.79 Å². The van der Waals surface area contributed by atoms with Crippen molar-refractivity contribution in [2.24, 2.45) is 5.73 Å². The van der Waals surface area contributed by atoms with Crippen molar-refractivity contribution < 1.29 is 53.2 Å². The van der Waals surface area contributed by atoms with Crippen molar-refractivity contribution in [3.05, 3.63) is 144 Å². The van der Waals surface area contributed by atoms with E-state index in [4.69, 9.17) is 23.1 Å². The van der Waals surface area contributed by atoms with Gasteiger partial charge in [0.15, 0.2) is 18.0 Å². The number of aliphatic hydroxyl groups is 2. The van der Waals surface area contributed by atoms with Gasteiger partial charge in [0.1, 0.15) is 38.4 Å². The molecule has 66 heavy (non-hydrogen) atoms. The van der Waals surface area contributed by atoms with Gasteiger partial charge in [-0.3, -0.25) is 33.6 Å². The third kappa shape index (κ3) is 20.1. The zero-order valence-corrected chi connectivity index (χ0v) is 37.6. The van der Waals surface area contributed by atoms with Gasteiger partial charge in [-0.1, -0.05) is 148 Å². The standard InChI is InChI=1S/C24H28BN3O6.C23H29N3O5.ClH/c1-2-9-18(27-22(31)20(28-24(25)33)17-12-7-4-8-13-17)21(30)23(32)26-14-19(29)34-15-16-10-5-3-6-11-16;1-2-9-18(26-22(29)20(24)17-12-7-4-8-13-17)21(28)23(30)25-14-19(27)31-15-16-10-5-3-6-11-16;/h3-8,10-13,18,20-21,30H,2,9,14-15H2,1H3,(H,26,32)(H,27,31)(H,28,33);3-8,10-13,18,20-21,28H,2,9,14-15,24H2,1H3,(H,25,30)(H,26,29);1H/t2*18?,20-,21?;/m00./s1. The van der Waals surface area contributed by atoms with Crippen LogP contribution in [-0.4, -0.2) is 96.8 Å². The number of ether oxygens (including phenoxy) is 2. The molecule has 19 heteroatoms. The monoisotopic (exact) mass is 928 g/mol. The minimum atomic E-state index is -1.63. The molecule has 0 bridgehead atoms. The Morgan fingerprint density at radius 1 is 0.545 bits per heavy atom. The number of carbonyl (C=O) groups excluding carboxylic acids is 7. The van der Waals surface area contributed by atoms with E-state index in [-0.39, 0.29) is 38.6 Å². The normalized spacial score (nSPS) is 13.1. The van der Waals surface area contributed by atoms with Crippen LogP contribution in [0.25, 0.3) is 0 Å². The van der Waals surface area contributed by atoms with Gasteiger partial charge in [0.05, 0.1) is 12.1 Å². The van der Waals surface area contributed by atoms with E-state index in [2.05, 4.69) is 26.6 Å². The fraction of sp³-hybridized carbons (Fsp3) is 0.340. The van der Waals surface area contributed by atoms with Gasteiger partial charge in [-0.2, -0.15) is 0 Å². The van der Waals surface area contributed by atoms with E-state index in [0.29, 0.717) is 30.4 Å². The van der Waals surface area contributed by atoms with Crippen LogP contribution >= 0.6 is 12.4 Å². The van der Waals surface area contributed by atoms with Crippen LogP contribution in [0.5, 0.6) is 0 Å². The number of carbonyl (C=O) groups is 7. The molecule has 0 heterocycles. The topological polar surface area (TPSA) is 265 Å². The Morgan fingerprint density at radius 3 is 1.29 bits per heavy atom. The first-order valence-electron chi connectivity index (χ1n) is 21.1. The molecule has 0 saturated heterocycles. The number of halogens is 1. The Labute approximate surface area is 391 Å². The van der Waals surface area contributed by atoms with E-state index in [1.54, 1.807) is 66.7 Å². The number of amides is 5. The van der Waals surface area contributed by atoms with Crippen molar-refractivity contribution in [1.82, 2.24) is 26.6 Å². The van der Waals surface area contributed by atoms with E-state index < -0.39 is 84.3 Å². The lowest BCUT2D eigenvalue weighted by molar-refractivity contribution is -0.146. The molecular weight excluding hydrogens is 871 g/mol. The Balaban J connectivity index is 0.000000448. The Bertz CT molecular complexity index is 2110. The van der Waals surface area contributed by atoms with Crippen LogP contribution in [0.1, 0.15) is 73.9 Å². The number of aliphatic hydroxyl groups excluding tert-OH is 2. The highest BCUT2D eigenvalue weighted by atomic mass is 35.5. The highest BCUT2D eigenvalue weighted by Gasteiger charge is 2.31.